The van der Waals surface area contributed by atoms with Crippen molar-refractivity contribution in [3.63, 3.8) is 0 Å². The number of amidine groups is 1. The van der Waals surface area contributed by atoms with Crippen molar-refractivity contribution in [1.82, 2.24) is 5.32 Å². The second kappa shape index (κ2) is 11.6. The number of hydrogen-bond acceptors (Lipinski definition) is 8. The van der Waals surface area contributed by atoms with Gasteiger partial charge in [-0.15, -0.1) is 0 Å². The number of rotatable bonds is 6. The molecule has 0 aliphatic carbocycles. The predicted octanol–water partition coefficient (Wildman–Crippen LogP) is 4.45. The SMILES string of the molecule is CC(C)(C)OC(=O)COC1COc2cc(NC(=O)c3ccc(C(=N)NC(=O)OC(C)(C)C)cc3)ccc2C1. The Morgan fingerprint density at radius 1 is 0.947 bits per heavy atom. The fraction of sp³-hybridized carbons (Fsp3) is 0.429. The number of benzene rings is 2. The molecular formula is C28H35N3O7. The van der Waals surface area contributed by atoms with Gasteiger partial charge in [0.25, 0.3) is 5.91 Å². The Labute approximate surface area is 222 Å². The molecular weight excluding hydrogens is 490 g/mol. The van der Waals surface area contributed by atoms with Crippen molar-refractivity contribution in [2.75, 3.05) is 18.5 Å². The van der Waals surface area contributed by atoms with Gasteiger partial charge in [-0.2, -0.15) is 0 Å². The maximum atomic E-state index is 12.7. The summed E-state index contributed by atoms with van der Waals surface area (Å²) in [6, 6.07) is 11.6. The Balaban J connectivity index is 1.53. The quantitative estimate of drug-likeness (QED) is 0.288. The highest BCUT2D eigenvalue weighted by atomic mass is 16.6. The van der Waals surface area contributed by atoms with Gasteiger partial charge in [0.15, 0.2) is 0 Å². The summed E-state index contributed by atoms with van der Waals surface area (Å²) in [5.74, 6) is -0.258. The van der Waals surface area contributed by atoms with Crippen LogP contribution in [0.2, 0.25) is 0 Å². The van der Waals surface area contributed by atoms with Crippen LogP contribution in [0.25, 0.3) is 0 Å². The standard InChI is InChI=1S/C28H35N3O7/c1-27(2,3)37-23(32)16-35-21-13-19-11-12-20(14-22(19)36-15-21)30-25(33)18-9-7-17(8-10-18)24(29)31-26(34)38-28(4,5)6/h7-12,14,21H,13,15-16H2,1-6H3,(H,30,33)(H2,29,31,34). The van der Waals surface area contributed by atoms with Crippen LogP contribution in [-0.2, 0) is 25.4 Å². The molecule has 10 nitrogen and oxygen atoms in total. The number of alkyl carbamates (subject to hydrolysis) is 1. The van der Waals surface area contributed by atoms with E-state index >= 15 is 0 Å². The van der Waals surface area contributed by atoms with Crippen LogP contribution in [0.4, 0.5) is 10.5 Å². The van der Waals surface area contributed by atoms with Crippen molar-refractivity contribution in [3.8, 4) is 5.75 Å². The first kappa shape index (κ1) is 28.6. The molecule has 0 saturated carbocycles. The van der Waals surface area contributed by atoms with Crippen LogP contribution in [-0.4, -0.2) is 54.3 Å². The maximum Gasteiger partial charge on any atom is 0.413 e. The molecule has 2 amide bonds. The first-order valence-electron chi connectivity index (χ1n) is 12.3. The molecule has 0 fully saturated rings. The van der Waals surface area contributed by atoms with Gasteiger partial charge >= 0.3 is 12.1 Å². The zero-order chi connectivity index (χ0) is 28.1. The maximum absolute atomic E-state index is 12.7. The number of ether oxygens (including phenoxy) is 4. The molecule has 1 aliphatic heterocycles. The molecule has 3 N–H and O–H groups in total. The number of fused-ring (bicyclic) bond motifs is 1. The summed E-state index contributed by atoms with van der Waals surface area (Å²) in [4.78, 5) is 36.5. The van der Waals surface area contributed by atoms with E-state index in [0.717, 1.165) is 5.56 Å². The van der Waals surface area contributed by atoms with Gasteiger partial charge in [-0.25, -0.2) is 9.59 Å². The van der Waals surface area contributed by atoms with Crippen molar-refractivity contribution < 1.29 is 33.3 Å². The van der Waals surface area contributed by atoms with E-state index in [9.17, 15) is 14.4 Å². The molecule has 1 unspecified atom stereocenters. The number of carbonyl (C=O) groups is 3. The molecule has 10 heteroatoms. The van der Waals surface area contributed by atoms with Gasteiger partial charge in [-0.3, -0.25) is 15.5 Å². The first-order valence-corrected chi connectivity index (χ1v) is 12.3. The summed E-state index contributed by atoms with van der Waals surface area (Å²) in [6.45, 7) is 10.7. The number of esters is 1. The number of nitrogens with one attached hydrogen (secondary N) is 3. The molecule has 38 heavy (non-hydrogen) atoms. The number of anilines is 1. The van der Waals surface area contributed by atoms with Crippen molar-refractivity contribution in [2.45, 2.75) is 65.3 Å². The summed E-state index contributed by atoms with van der Waals surface area (Å²) < 4.78 is 21.9. The highest BCUT2D eigenvalue weighted by molar-refractivity contribution is 6.07. The Morgan fingerprint density at radius 2 is 1.58 bits per heavy atom. The molecule has 0 radical (unpaired) electrons. The average Bonchev–Trinajstić information content (AvgIpc) is 2.80. The molecule has 0 spiro atoms. The van der Waals surface area contributed by atoms with E-state index in [-0.39, 0.29) is 31.1 Å². The number of carbonyl (C=O) groups excluding carboxylic acids is 3. The summed E-state index contributed by atoms with van der Waals surface area (Å²) in [7, 11) is 0. The Morgan fingerprint density at radius 3 is 2.21 bits per heavy atom. The monoisotopic (exact) mass is 525 g/mol. The van der Waals surface area contributed by atoms with Crippen molar-refractivity contribution in [3.05, 3.63) is 59.2 Å². The largest absolute Gasteiger partial charge is 0.491 e. The zero-order valence-corrected chi connectivity index (χ0v) is 22.6. The molecule has 1 heterocycles. The Hall–Kier alpha value is -3.92. The fourth-order valence-electron chi connectivity index (χ4n) is 3.56. The van der Waals surface area contributed by atoms with Gasteiger partial charge in [0.05, 0.1) is 6.10 Å². The van der Waals surface area contributed by atoms with Crippen LogP contribution in [0.15, 0.2) is 42.5 Å². The van der Waals surface area contributed by atoms with Crippen molar-refractivity contribution >= 4 is 29.5 Å². The minimum absolute atomic E-state index is 0.133. The van der Waals surface area contributed by atoms with Crippen LogP contribution in [0.5, 0.6) is 5.75 Å². The van der Waals surface area contributed by atoms with E-state index in [1.165, 1.54) is 0 Å². The second-order valence-corrected chi connectivity index (χ2v) is 10.9. The third kappa shape index (κ3) is 8.88. The summed E-state index contributed by atoms with van der Waals surface area (Å²) in [5.41, 5.74) is 1.03. The highest BCUT2D eigenvalue weighted by Crippen LogP contribution is 2.29. The van der Waals surface area contributed by atoms with E-state index < -0.39 is 23.3 Å². The molecule has 0 aromatic heterocycles. The van der Waals surface area contributed by atoms with Crippen LogP contribution < -0.4 is 15.4 Å². The minimum atomic E-state index is -0.722. The third-order valence-corrected chi connectivity index (χ3v) is 5.12. The minimum Gasteiger partial charge on any atom is -0.491 e. The van der Waals surface area contributed by atoms with E-state index in [1.54, 1.807) is 77.9 Å². The molecule has 0 bridgehead atoms. The molecule has 3 rings (SSSR count). The highest BCUT2D eigenvalue weighted by Gasteiger charge is 2.24. The Bertz CT molecular complexity index is 1190. The van der Waals surface area contributed by atoms with Crippen molar-refractivity contribution in [1.29, 1.82) is 5.41 Å². The summed E-state index contributed by atoms with van der Waals surface area (Å²) in [5, 5.41) is 13.3. The fourth-order valence-corrected chi connectivity index (χ4v) is 3.56. The van der Waals surface area contributed by atoms with Crippen LogP contribution in [0.1, 0.15) is 63.0 Å². The van der Waals surface area contributed by atoms with E-state index in [4.69, 9.17) is 24.4 Å². The normalized spacial score (nSPS) is 14.9. The zero-order valence-electron chi connectivity index (χ0n) is 22.6. The summed E-state index contributed by atoms with van der Waals surface area (Å²) in [6.07, 6.45) is -0.436. The lowest BCUT2D eigenvalue weighted by atomic mass is 10.0. The summed E-state index contributed by atoms with van der Waals surface area (Å²) >= 11 is 0. The lowest BCUT2D eigenvalue weighted by Gasteiger charge is -2.26. The van der Waals surface area contributed by atoms with Crippen molar-refractivity contribution in [2.24, 2.45) is 0 Å². The van der Waals surface area contributed by atoms with Crippen LogP contribution in [0, 0.1) is 5.41 Å². The number of amides is 2. The van der Waals surface area contributed by atoms with Gasteiger partial charge < -0.3 is 24.3 Å². The lowest BCUT2D eigenvalue weighted by Crippen LogP contribution is -2.36. The molecule has 1 aliphatic rings. The van der Waals surface area contributed by atoms with Gasteiger partial charge in [0.2, 0.25) is 0 Å². The average molecular weight is 526 g/mol. The molecule has 2 aromatic rings. The van der Waals surface area contributed by atoms with E-state index in [0.29, 0.717) is 29.0 Å². The lowest BCUT2D eigenvalue weighted by molar-refractivity contribution is -0.163. The van der Waals surface area contributed by atoms with Gasteiger partial charge in [-0.05, 0) is 65.3 Å². The predicted molar refractivity (Wildman–Crippen MR) is 142 cm³/mol. The third-order valence-electron chi connectivity index (χ3n) is 5.12. The van der Waals surface area contributed by atoms with Gasteiger partial charge in [0, 0.05) is 29.3 Å². The van der Waals surface area contributed by atoms with E-state index in [2.05, 4.69) is 10.6 Å². The van der Waals surface area contributed by atoms with Crippen LogP contribution >= 0.6 is 0 Å². The van der Waals surface area contributed by atoms with Gasteiger partial charge in [-0.1, -0.05) is 18.2 Å². The molecule has 2 aromatic carbocycles. The van der Waals surface area contributed by atoms with Crippen LogP contribution in [0.3, 0.4) is 0 Å². The van der Waals surface area contributed by atoms with E-state index in [1.807, 2.05) is 6.07 Å². The number of hydrogen-bond donors (Lipinski definition) is 3. The topological polar surface area (TPSA) is 136 Å². The van der Waals surface area contributed by atoms with Gasteiger partial charge in [0.1, 0.15) is 36.0 Å². The molecule has 1 atom stereocenters. The second-order valence-electron chi connectivity index (χ2n) is 10.9. The molecule has 204 valence electrons. The Kier molecular flexibility index (Phi) is 8.78. The smallest absolute Gasteiger partial charge is 0.413 e. The molecule has 0 saturated heterocycles. The first-order chi connectivity index (χ1) is 17.7.